The fraction of sp³-hybridized carbons (Fsp3) is 0.250. The Morgan fingerprint density at radius 3 is 1.79 bits per heavy atom. The number of benzene rings is 1. The summed E-state index contributed by atoms with van der Waals surface area (Å²) in [6, 6.07) is 5.77. The average molecular weight is 575 g/mol. The van der Waals surface area contributed by atoms with Crippen molar-refractivity contribution in [1.82, 2.24) is 9.97 Å². The van der Waals surface area contributed by atoms with Crippen LogP contribution >= 0.6 is 17.0 Å². The van der Waals surface area contributed by atoms with Gasteiger partial charge >= 0.3 is 144 Å². The summed E-state index contributed by atoms with van der Waals surface area (Å²) in [6.45, 7) is 4.85. The van der Waals surface area contributed by atoms with E-state index in [0.29, 0.717) is 36.9 Å². The third-order valence-electron chi connectivity index (χ3n) is 2.97. The number of halogens is 1. The molecule has 0 spiro atoms. The van der Waals surface area contributed by atoms with Crippen LogP contribution in [-0.4, -0.2) is 23.2 Å². The van der Waals surface area contributed by atoms with Crippen LogP contribution in [0.25, 0.3) is 22.9 Å². The maximum atomic E-state index is 5.61. The van der Waals surface area contributed by atoms with Gasteiger partial charge < -0.3 is 0 Å². The van der Waals surface area contributed by atoms with E-state index in [0.717, 1.165) is 15.1 Å². The molecule has 0 unspecified atom stereocenters. The van der Waals surface area contributed by atoms with Crippen molar-refractivity contribution in [2.24, 2.45) is 0 Å². The zero-order valence-corrected chi connectivity index (χ0v) is 17.0. The van der Waals surface area contributed by atoms with E-state index in [9.17, 15) is 0 Å². The molecule has 24 heavy (non-hydrogen) atoms. The number of oxazole rings is 2. The maximum absolute atomic E-state index is 5.61. The van der Waals surface area contributed by atoms with Gasteiger partial charge in [-0.3, -0.25) is 0 Å². The molecule has 0 atom stereocenters. The Kier molecular flexibility index (Phi) is 6.63. The fourth-order valence-corrected chi connectivity index (χ4v) is 2.89. The van der Waals surface area contributed by atoms with Crippen LogP contribution in [0.15, 0.2) is 39.4 Å². The summed E-state index contributed by atoms with van der Waals surface area (Å²) in [6.07, 6.45) is 3.14. The molecule has 131 valence electrons. The van der Waals surface area contributed by atoms with Crippen LogP contribution in [0.4, 0.5) is 0 Å². The zero-order valence-electron chi connectivity index (χ0n) is 13.1. The summed E-state index contributed by atoms with van der Waals surface area (Å²) in [7, 11) is 0. The van der Waals surface area contributed by atoms with Crippen LogP contribution in [0.5, 0.6) is 11.9 Å². The van der Waals surface area contributed by atoms with Gasteiger partial charge in [-0.2, -0.15) is 0 Å². The Bertz CT molecular complexity index is 740. The molecule has 8 heteroatoms. The van der Waals surface area contributed by atoms with E-state index in [1.165, 1.54) is 0 Å². The fourth-order valence-electron chi connectivity index (χ4n) is 2.02. The summed E-state index contributed by atoms with van der Waals surface area (Å²) in [4.78, 5) is 8.53. The van der Waals surface area contributed by atoms with E-state index in [1.54, 1.807) is 12.4 Å². The normalized spacial score (nSPS) is 10.3. The Morgan fingerprint density at radius 1 is 0.917 bits per heavy atom. The second kappa shape index (κ2) is 8.49. The van der Waals surface area contributed by atoms with E-state index in [-0.39, 0.29) is 17.0 Å². The van der Waals surface area contributed by atoms with E-state index >= 15 is 0 Å². The second-order valence-corrected chi connectivity index (χ2v) is 5.61. The first-order valence-corrected chi connectivity index (χ1v) is 8.30. The van der Waals surface area contributed by atoms with Crippen molar-refractivity contribution in [3.8, 4) is 34.8 Å². The van der Waals surface area contributed by atoms with Gasteiger partial charge in [-0.05, 0) is 0 Å². The Hall–Kier alpha value is -1.59. The number of nitrogens with zero attached hydrogens (tertiary/aromatic N) is 2. The zero-order chi connectivity index (χ0) is 16.2. The molecule has 2 heterocycles. The van der Waals surface area contributed by atoms with Crippen molar-refractivity contribution >= 4 is 20.9 Å². The van der Waals surface area contributed by atoms with Crippen LogP contribution in [0.3, 0.4) is 0 Å². The van der Waals surface area contributed by atoms with Crippen molar-refractivity contribution in [1.29, 1.82) is 0 Å². The molecular formula is C16H16BrN2O4Pt. The summed E-state index contributed by atoms with van der Waals surface area (Å²) in [5, 5.41) is 0. The van der Waals surface area contributed by atoms with E-state index < -0.39 is 0 Å². The van der Waals surface area contributed by atoms with Gasteiger partial charge in [0.15, 0.2) is 0 Å². The summed E-state index contributed by atoms with van der Waals surface area (Å²) in [5.41, 5.74) is 1.71. The van der Waals surface area contributed by atoms with Crippen LogP contribution in [0.1, 0.15) is 13.8 Å². The van der Waals surface area contributed by atoms with Gasteiger partial charge in [0.2, 0.25) is 0 Å². The van der Waals surface area contributed by atoms with E-state index in [2.05, 4.69) is 29.8 Å². The Labute approximate surface area is 161 Å². The first-order valence-electron chi connectivity index (χ1n) is 7.16. The first-order chi connectivity index (χ1) is 11.2. The van der Waals surface area contributed by atoms with Gasteiger partial charge in [-0.1, -0.05) is 0 Å². The van der Waals surface area contributed by atoms with Crippen molar-refractivity contribution < 1.29 is 38.1 Å². The number of ether oxygens (including phenoxy) is 2. The molecule has 1 aromatic carbocycles. The molecule has 3 rings (SSSR count). The molecule has 0 radical (unpaired) electrons. The summed E-state index contributed by atoms with van der Waals surface area (Å²) in [5.74, 6) is 1.80. The standard InChI is InChI=1S/C16H15N2O4.BrH.Pt/c1-3-19-13-9-17-15(21-13)11-6-5-7-12(8-11)16-18-10-14(22-16)20-4-2;;/h5-7,9-10H,3-4H2,1-2H3;1H;. The number of aromatic nitrogens is 2. The quantitative estimate of drug-likeness (QED) is 0.448. The van der Waals surface area contributed by atoms with Gasteiger partial charge in [-0.15, -0.1) is 17.0 Å². The molecule has 6 nitrogen and oxygen atoms in total. The average Bonchev–Trinajstić information content (AvgIpc) is 3.18. The molecule has 3 aromatic rings. The van der Waals surface area contributed by atoms with Crippen molar-refractivity contribution in [2.75, 3.05) is 13.2 Å². The van der Waals surface area contributed by atoms with Crippen molar-refractivity contribution in [3.63, 3.8) is 0 Å². The SMILES string of the molecule is Br.CCOc1cnc(-c2cccc(-c3ncc(OCC)o3)[c]2[Pt])o1. The molecule has 0 saturated heterocycles. The monoisotopic (exact) mass is 574 g/mol. The van der Waals surface area contributed by atoms with Gasteiger partial charge in [0.1, 0.15) is 0 Å². The molecule has 0 bridgehead atoms. The molecule has 0 N–H and O–H groups in total. The van der Waals surface area contributed by atoms with Gasteiger partial charge in [-0.25, -0.2) is 0 Å². The molecule has 2 aromatic heterocycles. The summed E-state index contributed by atoms with van der Waals surface area (Å²) < 4.78 is 22.8. The minimum atomic E-state index is 0. The minimum absolute atomic E-state index is 0. The summed E-state index contributed by atoms with van der Waals surface area (Å²) >= 11 is 2.21. The number of hydrogen-bond acceptors (Lipinski definition) is 6. The predicted octanol–water partition coefficient (Wildman–Crippen LogP) is 3.54. The van der Waals surface area contributed by atoms with E-state index in [4.69, 9.17) is 18.3 Å². The Morgan fingerprint density at radius 2 is 1.38 bits per heavy atom. The molecule has 0 saturated carbocycles. The number of hydrogen-bond donors (Lipinski definition) is 0. The Balaban J connectivity index is 0.00000208. The third-order valence-corrected chi connectivity index (χ3v) is 4.19. The van der Waals surface area contributed by atoms with Crippen LogP contribution in [0.2, 0.25) is 0 Å². The molecule has 0 fully saturated rings. The van der Waals surface area contributed by atoms with Gasteiger partial charge in [0.25, 0.3) is 0 Å². The predicted molar refractivity (Wildman–Crippen MR) is 89.7 cm³/mol. The molecule has 0 amide bonds. The molecule has 0 aliphatic rings. The molecule has 0 aliphatic heterocycles. The van der Waals surface area contributed by atoms with E-state index in [1.807, 2.05) is 32.0 Å². The third kappa shape index (κ3) is 3.90. The molecular weight excluding hydrogens is 559 g/mol. The topological polar surface area (TPSA) is 70.5 Å². The van der Waals surface area contributed by atoms with Crippen molar-refractivity contribution in [3.05, 3.63) is 30.6 Å². The van der Waals surface area contributed by atoms with Crippen LogP contribution in [-0.2, 0) is 19.8 Å². The number of rotatable bonds is 6. The van der Waals surface area contributed by atoms with Crippen molar-refractivity contribution in [2.45, 2.75) is 13.8 Å². The van der Waals surface area contributed by atoms with Crippen LogP contribution < -0.4 is 13.4 Å². The second-order valence-electron chi connectivity index (χ2n) is 4.47. The molecule has 0 aliphatic carbocycles. The van der Waals surface area contributed by atoms with Crippen LogP contribution in [0, 0.1) is 0 Å². The van der Waals surface area contributed by atoms with Gasteiger partial charge in [0.05, 0.1) is 0 Å². The first kappa shape index (κ1) is 18.7. The van der Waals surface area contributed by atoms with Gasteiger partial charge in [0, 0.05) is 0 Å².